The minimum atomic E-state index is -0.278. The molecule has 0 radical (unpaired) electrons. The number of hydrogen-bond acceptors (Lipinski definition) is 3. The van der Waals surface area contributed by atoms with Crippen LogP contribution in [0, 0.1) is 0 Å². The van der Waals surface area contributed by atoms with Gasteiger partial charge >= 0.3 is 6.09 Å². The second-order valence-corrected chi connectivity index (χ2v) is 3.39. The van der Waals surface area contributed by atoms with Crippen LogP contribution in [0.15, 0.2) is 0 Å². The van der Waals surface area contributed by atoms with Gasteiger partial charge in [-0.3, -0.25) is 0 Å². The Hall–Kier alpha value is -0.770. The number of amides is 1. The van der Waals surface area contributed by atoms with Crippen molar-refractivity contribution < 1.29 is 9.53 Å². The van der Waals surface area contributed by atoms with E-state index in [1.807, 2.05) is 7.05 Å². The molecule has 0 aromatic carbocycles. The van der Waals surface area contributed by atoms with Crippen LogP contribution in [0.2, 0.25) is 0 Å². The lowest BCUT2D eigenvalue weighted by Crippen LogP contribution is -2.26. The molecule has 4 nitrogen and oxygen atoms in total. The van der Waals surface area contributed by atoms with Crippen LogP contribution >= 0.6 is 0 Å². The second-order valence-electron chi connectivity index (χ2n) is 3.39. The van der Waals surface area contributed by atoms with Gasteiger partial charge in [-0.15, -0.1) is 0 Å². The maximum atomic E-state index is 10.5. The third-order valence-corrected chi connectivity index (χ3v) is 1.72. The lowest BCUT2D eigenvalue weighted by molar-refractivity contribution is 0.176. The molecule has 1 aliphatic heterocycles. The lowest BCUT2D eigenvalue weighted by Gasteiger charge is -2.05. The zero-order valence-electron chi connectivity index (χ0n) is 9.43. The van der Waals surface area contributed by atoms with Crippen molar-refractivity contribution >= 4 is 6.09 Å². The van der Waals surface area contributed by atoms with Crippen LogP contribution in [0.1, 0.15) is 33.1 Å². The van der Waals surface area contributed by atoms with E-state index in [2.05, 4.69) is 24.5 Å². The van der Waals surface area contributed by atoms with Crippen molar-refractivity contribution in [2.45, 2.75) is 39.2 Å². The summed E-state index contributed by atoms with van der Waals surface area (Å²) in [5.41, 5.74) is 0. The van der Waals surface area contributed by atoms with Crippen molar-refractivity contribution in [3.63, 3.8) is 0 Å². The number of alkyl carbamates (subject to hydrolysis) is 1. The number of rotatable bonds is 4. The van der Waals surface area contributed by atoms with Gasteiger partial charge in [-0.2, -0.15) is 0 Å². The molecule has 2 N–H and O–H groups in total. The molecule has 1 heterocycles. The van der Waals surface area contributed by atoms with Crippen LogP contribution in [0.25, 0.3) is 0 Å². The fourth-order valence-electron chi connectivity index (χ4n) is 1.11. The number of nitrogens with one attached hydrogen (secondary N) is 2. The molecule has 0 aromatic heterocycles. The van der Waals surface area contributed by atoms with Gasteiger partial charge in [0.15, 0.2) is 0 Å². The molecule has 0 spiro atoms. The summed E-state index contributed by atoms with van der Waals surface area (Å²) in [7, 11) is 1.92. The predicted octanol–water partition coefficient (Wildman–Crippen LogP) is 1.51. The molecule has 4 heteroatoms. The highest BCUT2D eigenvalue weighted by Crippen LogP contribution is 2.03. The number of ether oxygens (including phenoxy) is 1. The van der Waals surface area contributed by atoms with Crippen molar-refractivity contribution in [2.75, 3.05) is 20.2 Å². The molecule has 14 heavy (non-hydrogen) atoms. The number of hydrogen-bond donors (Lipinski definition) is 2. The van der Waals surface area contributed by atoms with Gasteiger partial charge in [0.1, 0.15) is 6.61 Å². The molecule has 0 bridgehead atoms. The van der Waals surface area contributed by atoms with Gasteiger partial charge in [0.2, 0.25) is 0 Å². The number of cyclic esters (lactones) is 1. The van der Waals surface area contributed by atoms with Gasteiger partial charge in [0.25, 0.3) is 0 Å². The smallest absolute Gasteiger partial charge is 0.407 e. The first-order valence-corrected chi connectivity index (χ1v) is 5.32. The van der Waals surface area contributed by atoms with E-state index in [0.717, 1.165) is 19.4 Å². The molecular weight excluding hydrogens is 180 g/mol. The van der Waals surface area contributed by atoms with Gasteiger partial charge in [-0.25, -0.2) is 4.79 Å². The summed E-state index contributed by atoms with van der Waals surface area (Å²) in [6, 6.07) is 0.232. The van der Waals surface area contributed by atoms with Crippen LogP contribution in [0.3, 0.4) is 0 Å². The summed E-state index contributed by atoms with van der Waals surface area (Å²) >= 11 is 0. The summed E-state index contributed by atoms with van der Waals surface area (Å²) in [6.07, 6.45) is 3.04. The van der Waals surface area contributed by atoms with Crippen molar-refractivity contribution in [2.24, 2.45) is 0 Å². The number of carbonyl (C=O) groups is 1. The van der Waals surface area contributed by atoms with E-state index in [9.17, 15) is 4.79 Å². The Morgan fingerprint density at radius 2 is 2.21 bits per heavy atom. The SMILES string of the molecule is CCC.CNCCCC1COC(=O)N1. The van der Waals surface area contributed by atoms with Crippen LogP contribution < -0.4 is 10.6 Å². The molecule has 1 aliphatic rings. The van der Waals surface area contributed by atoms with E-state index >= 15 is 0 Å². The van der Waals surface area contributed by atoms with Crippen molar-refractivity contribution in [1.82, 2.24) is 10.6 Å². The van der Waals surface area contributed by atoms with Crippen LogP contribution in [0.4, 0.5) is 4.79 Å². The van der Waals surface area contributed by atoms with Gasteiger partial charge in [0, 0.05) is 0 Å². The average Bonchev–Trinajstić information content (AvgIpc) is 2.53. The summed E-state index contributed by atoms with van der Waals surface area (Å²) in [6.45, 7) is 5.77. The maximum Gasteiger partial charge on any atom is 0.407 e. The highest BCUT2D eigenvalue weighted by atomic mass is 16.6. The lowest BCUT2D eigenvalue weighted by atomic mass is 10.2. The molecule has 1 amide bonds. The molecule has 84 valence electrons. The van der Waals surface area contributed by atoms with E-state index in [1.165, 1.54) is 6.42 Å². The van der Waals surface area contributed by atoms with Crippen molar-refractivity contribution in [3.8, 4) is 0 Å². The minimum absolute atomic E-state index is 0.232. The normalized spacial score (nSPS) is 19.4. The molecule has 1 atom stereocenters. The monoisotopic (exact) mass is 202 g/mol. The first-order valence-electron chi connectivity index (χ1n) is 5.32. The van der Waals surface area contributed by atoms with Gasteiger partial charge < -0.3 is 15.4 Å². The van der Waals surface area contributed by atoms with E-state index < -0.39 is 0 Å². The van der Waals surface area contributed by atoms with Crippen LogP contribution in [0.5, 0.6) is 0 Å². The zero-order valence-corrected chi connectivity index (χ0v) is 9.43. The first kappa shape index (κ1) is 13.2. The van der Waals surface area contributed by atoms with Gasteiger partial charge in [-0.1, -0.05) is 20.3 Å². The second kappa shape index (κ2) is 8.81. The summed E-state index contributed by atoms with van der Waals surface area (Å²) < 4.78 is 4.73. The van der Waals surface area contributed by atoms with E-state index in [0.29, 0.717) is 6.61 Å². The summed E-state index contributed by atoms with van der Waals surface area (Å²) in [4.78, 5) is 10.5. The standard InChI is InChI=1S/C7H14N2O2.C3H8/c1-8-4-2-3-6-5-11-7(10)9-6;1-3-2/h6,8H,2-5H2,1H3,(H,9,10);3H2,1-2H3. The molecule has 0 saturated carbocycles. The van der Waals surface area contributed by atoms with E-state index in [4.69, 9.17) is 4.74 Å². The Balaban J connectivity index is 0.000000500. The highest BCUT2D eigenvalue weighted by Gasteiger charge is 2.20. The third kappa shape index (κ3) is 6.71. The van der Waals surface area contributed by atoms with Gasteiger partial charge in [0.05, 0.1) is 6.04 Å². The van der Waals surface area contributed by atoms with Crippen molar-refractivity contribution in [1.29, 1.82) is 0 Å². The fraction of sp³-hybridized carbons (Fsp3) is 0.900. The molecule has 1 unspecified atom stereocenters. The van der Waals surface area contributed by atoms with Crippen LogP contribution in [-0.2, 0) is 4.74 Å². The van der Waals surface area contributed by atoms with Gasteiger partial charge in [-0.05, 0) is 26.4 Å². The molecule has 1 saturated heterocycles. The summed E-state index contributed by atoms with van der Waals surface area (Å²) in [5, 5.41) is 5.77. The largest absolute Gasteiger partial charge is 0.447 e. The quantitative estimate of drug-likeness (QED) is 0.679. The highest BCUT2D eigenvalue weighted by molar-refractivity contribution is 5.69. The Morgan fingerprint density at radius 3 is 2.64 bits per heavy atom. The number of carbonyl (C=O) groups excluding carboxylic acids is 1. The topological polar surface area (TPSA) is 50.4 Å². The average molecular weight is 202 g/mol. The fourth-order valence-corrected chi connectivity index (χ4v) is 1.11. The Kier molecular flexibility index (Phi) is 8.33. The predicted molar refractivity (Wildman–Crippen MR) is 57.4 cm³/mol. The molecule has 1 rings (SSSR count). The Labute approximate surface area is 86.4 Å². The Morgan fingerprint density at radius 1 is 1.57 bits per heavy atom. The van der Waals surface area contributed by atoms with E-state index in [1.54, 1.807) is 0 Å². The van der Waals surface area contributed by atoms with E-state index in [-0.39, 0.29) is 12.1 Å². The van der Waals surface area contributed by atoms with Crippen LogP contribution in [-0.4, -0.2) is 32.3 Å². The van der Waals surface area contributed by atoms with Crippen molar-refractivity contribution in [3.05, 3.63) is 0 Å². The maximum absolute atomic E-state index is 10.5. The summed E-state index contributed by atoms with van der Waals surface area (Å²) in [5.74, 6) is 0. The molecule has 1 fully saturated rings. The molecule has 0 aliphatic carbocycles. The first-order chi connectivity index (χ1) is 6.74. The molecule has 0 aromatic rings. The third-order valence-electron chi connectivity index (χ3n) is 1.72. The Bertz CT molecular complexity index is 151. The minimum Gasteiger partial charge on any atom is -0.447 e. The zero-order chi connectivity index (χ0) is 10.8. The molecular formula is C10H22N2O2.